The van der Waals surface area contributed by atoms with Crippen LogP contribution in [0.2, 0.25) is 0 Å². The summed E-state index contributed by atoms with van der Waals surface area (Å²) in [7, 11) is 0. The number of rotatable bonds is 9. The van der Waals surface area contributed by atoms with Crippen LogP contribution in [0.1, 0.15) is 32.6 Å². The highest BCUT2D eigenvalue weighted by Gasteiger charge is 2.60. The van der Waals surface area contributed by atoms with E-state index in [0.29, 0.717) is 12.8 Å². The minimum Gasteiger partial charge on any atom is -0.480 e. The van der Waals surface area contributed by atoms with Gasteiger partial charge in [-0.2, -0.15) is 0 Å². The maximum absolute atomic E-state index is 11.3. The second-order valence-electron chi connectivity index (χ2n) is 4.23. The van der Waals surface area contributed by atoms with E-state index in [2.05, 4.69) is 0 Å². The van der Waals surface area contributed by atoms with Crippen molar-refractivity contribution in [3.05, 3.63) is 0 Å². The third-order valence-corrected chi connectivity index (χ3v) is 3.03. The van der Waals surface area contributed by atoms with E-state index in [1.165, 1.54) is 0 Å². The molecule has 0 aliphatic heterocycles. The quantitative estimate of drug-likeness (QED) is 0.321. The molecule has 1 atom stereocenters. The lowest BCUT2D eigenvalue weighted by Gasteiger charge is -2.28. The predicted octanol–water partition coefficient (Wildman–Crippen LogP) is -0.691. The van der Waals surface area contributed by atoms with Crippen LogP contribution in [0.4, 0.5) is 0 Å². The molecule has 0 bridgehead atoms. The van der Waals surface area contributed by atoms with Gasteiger partial charge in [-0.15, -0.1) is 0 Å². The van der Waals surface area contributed by atoms with Crippen molar-refractivity contribution in [3.63, 3.8) is 0 Å². The number of unbranched alkanes of at least 4 members (excludes halogenated alkanes) is 2. The smallest absolute Gasteiger partial charge is 0.331 e. The SMILES string of the molecule is CCCCCC(C(N)=O)C(C(N)=O)(C(=O)O)C(=O)O. The number of amides is 2. The molecule has 0 saturated carbocycles. The first kappa shape index (κ1) is 16.9. The molecular formula is C11H18N2O6. The fraction of sp³-hybridized carbons (Fsp3) is 0.636. The number of aliphatic carboxylic acids is 2. The van der Waals surface area contributed by atoms with E-state index < -0.39 is 35.1 Å². The van der Waals surface area contributed by atoms with Gasteiger partial charge in [0.1, 0.15) is 0 Å². The van der Waals surface area contributed by atoms with Crippen LogP contribution in [-0.2, 0) is 19.2 Å². The molecule has 0 rings (SSSR count). The first-order valence-electron chi connectivity index (χ1n) is 5.78. The van der Waals surface area contributed by atoms with Crippen molar-refractivity contribution in [3.8, 4) is 0 Å². The van der Waals surface area contributed by atoms with Crippen LogP contribution in [0.3, 0.4) is 0 Å². The standard InChI is InChI=1S/C11H18N2O6/c1-2-3-4-5-6(7(12)14)11(8(13)15,9(16)17)10(18)19/h6H,2-5H2,1H3,(H2,12,14)(H2,13,15)(H,16,17)(H,18,19). The van der Waals surface area contributed by atoms with Crippen LogP contribution in [0.15, 0.2) is 0 Å². The summed E-state index contributed by atoms with van der Waals surface area (Å²) < 4.78 is 0. The number of hydrogen-bond acceptors (Lipinski definition) is 4. The van der Waals surface area contributed by atoms with E-state index in [9.17, 15) is 19.2 Å². The van der Waals surface area contributed by atoms with Gasteiger partial charge >= 0.3 is 11.9 Å². The first-order chi connectivity index (χ1) is 8.72. The topological polar surface area (TPSA) is 161 Å². The van der Waals surface area contributed by atoms with Crippen LogP contribution >= 0.6 is 0 Å². The molecular weight excluding hydrogens is 256 g/mol. The van der Waals surface area contributed by atoms with Gasteiger partial charge in [0.15, 0.2) is 0 Å². The highest BCUT2D eigenvalue weighted by molar-refractivity contribution is 6.20. The Labute approximate surface area is 109 Å². The molecule has 0 spiro atoms. The summed E-state index contributed by atoms with van der Waals surface area (Å²) in [5.74, 6) is -8.40. The molecule has 0 heterocycles. The molecule has 0 aliphatic rings. The Bertz CT molecular complexity index is 357. The molecule has 108 valence electrons. The molecule has 8 heteroatoms. The maximum Gasteiger partial charge on any atom is 0.331 e. The van der Waals surface area contributed by atoms with Crippen molar-refractivity contribution >= 4 is 23.8 Å². The lowest BCUT2D eigenvalue weighted by atomic mass is 9.71. The normalized spacial score (nSPS) is 12.7. The monoisotopic (exact) mass is 274 g/mol. The van der Waals surface area contributed by atoms with E-state index in [1.807, 2.05) is 6.92 Å². The maximum atomic E-state index is 11.3. The van der Waals surface area contributed by atoms with Crippen molar-refractivity contribution in [1.82, 2.24) is 0 Å². The van der Waals surface area contributed by atoms with Gasteiger partial charge in [-0.05, 0) is 6.42 Å². The fourth-order valence-corrected chi connectivity index (χ4v) is 1.94. The zero-order valence-corrected chi connectivity index (χ0v) is 10.6. The highest BCUT2D eigenvalue weighted by Crippen LogP contribution is 2.33. The summed E-state index contributed by atoms with van der Waals surface area (Å²) in [6, 6.07) is 0. The average molecular weight is 274 g/mol. The van der Waals surface area contributed by atoms with Crippen molar-refractivity contribution in [2.45, 2.75) is 32.6 Å². The van der Waals surface area contributed by atoms with Gasteiger partial charge in [0.05, 0.1) is 5.92 Å². The minimum absolute atomic E-state index is 0.120. The molecule has 0 aliphatic carbocycles. The summed E-state index contributed by atoms with van der Waals surface area (Å²) in [6.07, 6.45) is 1.68. The minimum atomic E-state index is -3.01. The average Bonchev–Trinajstić information content (AvgIpc) is 2.26. The Morgan fingerprint density at radius 1 is 1.05 bits per heavy atom. The number of primary amides is 2. The van der Waals surface area contributed by atoms with Gasteiger partial charge in [0.2, 0.25) is 11.8 Å². The van der Waals surface area contributed by atoms with Crippen LogP contribution < -0.4 is 11.5 Å². The summed E-state index contributed by atoms with van der Waals surface area (Å²) >= 11 is 0. The van der Waals surface area contributed by atoms with E-state index >= 15 is 0 Å². The van der Waals surface area contributed by atoms with Crippen molar-refractivity contribution in [2.75, 3.05) is 0 Å². The van der Waals surface area contributed by atoms with E-state index in [4.69, 9.17) is 21.7 Å². The number of carbonyl (C=O) groups excluding carboxylic acids is 2. The number of nitrogens with two attached hydrogens (primary N) is 2. The van der Waals surface area contributed by atoms with Gasteiger partial charge in [-0.25, -0.2) is 0 Å². The van der Waals surface area contributed by atoms with Gasteiger partial charge in [0, 0.05) is 0 Å². The molecule has 0 aromatic rings. The molecule has 19 heavy (non-hydrogen) atoms. The Morgan fingerprint density at radius 2 is 1.53 bits per heavy atom. The number of carboxylic acid groups (broad SMARTS) is 2. The highest BCUT2D eigenvalue weighted by atomic mass is 16.4. The molecule has 0 aromatic heterocycles. The third kappa shape index (κ3) is 3.21. The second kappa shape index (κ2) is 6.72. The van der Waals surface area contributed by atoms with Crippen LogP contribution in [-0.4, -0.2) is 34.0 Å². The summed E-state index contributed by atoms with van der Waals surface area (Å²) in [4.78, 5) is 45.1. The summed E-state index contributed by atoms with van der Waals surface area (Å²) in [5.41, 5.74) is 6.94. The first-order valence-corrected chi connectivity index (χ1v) is 5.78. The number of carbonyl (C=O) groups is 4. The van der Waals surface area contributed by atoms with E-state index in [-0.39, 0.29) is 6.42 Å². The molecule has 0 radical (unpaired) electrons. The Hall–Kier alpha value is -2.12. The third-order valence-electron chi connectivity index (χ3n) is 3.03. The zero-order chi connectivity index (χ0) is 15.2. The summed E-state index contributed by atoms with van der Waals surface area (Å²) in [5, 5.41) is 18.1. The largest absolute Gasteiger partial charge is 0.480 e. The molecule has 1 unspecified atom stereocenters. The van der Waals surface area contributed by atoms with Crippen molar-refractivity contribution in [2.24, 2.45) is 22.8 Å². The molecule has 8 nitrogen and oxygen atoms in total. The Morgan fingerprint density at radius 3 is 1.79 bits per heavy atom. The lowest BCUT2D eigenvalue weighted by Crippen LogP contribution is -2.58. The van der Waals surface area contributed by atoms with Crippen LogP contribution in [0.5, 0.6) is 0 Å². The van der Waals surface area contributed by atoms with Crippen molar-refractivity contribution in [1.29, 1.82) is 0 Å². The number of carboxylic acids is 2. The predicted molar refractivity (Wildman–Crippen MR) is 63.7 cm³/mol. The second-order valence-corrected chi connectivity index (χ2v) is 4.23. The number of hydrogen-bond donors (Lipinski definition) is 4. The molecule has 6 N–H and O–H groups in total. The van der Waals surface area contributed by atoms with E-state index in [0.717, 1.165) is 6.42 Å². The van der Waals surface area contributed by atoms with Crippen molar-refractivity contribution < 1.29 is 29.4 Å². The summed E-state index contributed by atoms with van der Waals surface area (Å²) in [6.45, 7) is 1.87. The molecule has 2 amide bonds. The Kier molecular flexibility index (Phi) is 5.97. The fourth-order valence-electron chi connectivity index (χ4n) is 1.94. The van der Waals surface area contributed by atoms with Crippen LogP contribution in [0.25, 0.3) is 0 Å². The van der Waals surface area contributed by atoms with Crippen LogP contribution in [0, 0.1) is 11.3 Å². The Balaban J connectivity index is 5.62. The van der Waals surface area contributed by atoms with Gasteiger partial charge in [-0.3, -0.25) is 19.2 Å². The lowest BCUT2D eigenvalue weighted by molar-refractivity contribution is -0.175. The van der Waals surface area contributed by atoms with Gasteiger partial charge < -0.3 is 21.7 Å². The zero-order valence-electron chi connectivity index (χ0n) is 10.6. The molecule has 0 aromatic carbocycles. The van der Waals surface area contributed by atoms with Gasteiger partial charge in [0.25, 0.3) is 5.41 Å². The molecule has 0 fully saturated rings. The molecule has 0 saturated heterocycles. The van der Waals surface area contributed by atoms with Gasteiger partial charge in [-0.1, -0.05) is 26.2 Å². The van der Waals surface area contributed by atoms with E-state index in [1.54, 1.807) is 0 Å².